The van der Waals surface area contributed by atoms with Gasteiger partial charge in [0.25, 0.3) is 0 Å². The lowest BCUT2D eigenvalue weighted by atomic mass is 9.90. The quantitative estimate of drug-likeness (QED) is 0.458. The minimum Gasteiger partial charge on any atom is -0.391 e. The molecule has 0 radical (unpaired) electrons. The highest BCUT2D eigenvalue weighted by Crippen LogP contribution is 2.18. The fourth-order valence-corrected chi connectivity index (χ4v) is 4.27. The Hall–Kier alpha value is -1.77. The molecule has 6 nitrogen and oxygen atoms in total. The van der Waals surface area contributed by atoms with Crippen LogP contribution in [0.25, 0.3) is 0 Å². The van der Waals surface area contributed by atoms with Crippen molar-refractivity contribution in [2.75, 3.05) is 32.8 Å². The first kappa shape index (κ1) is 20.5. The first-order chi connectivity index (χ1) is 12.4. The van der Waals surface area contributed by atoms with Crippen LogP contribution in [0.1, 0.15) is 12.5 Å². The molecule has 2 rings (SSSR count). The van der Waals surface area contributed by atoms with Gasteiger partial charge in [0, 0.05) is 5.56 Å². The van der Waals surface area contributed by atoms with Gasteiger partial charge in [0.15, 0.2) is 0 Å². The van der Waals surface area contributed by atoms with Gasteiger partial charge in [-0.05, 0) is 19.1 Å². The highest BCUT2D eigenvalue weighted by molar-refractivity contribution is 7.89. The van der Waals surface area contributed by atoms with E-state index in [9.17, 15) is 18.6 Å². The maximum atomic E-state index is 12.6. The van der Waals surface area contributed by atoms with Gasteiger partial charge >= 0.3 is 0 Å². The van der Waals surface area contributed by atoms with Crippen LogP contribution >= 0.6 is 0 Å². The lowest BCUT2D eigenvalue weighted by Crippen LogP contribution is -3.20. The average molecular weight is 380 g/mol. The third-order valence-electron chi connectivity index (χ3n) is 4.69. The Morgan fingerprint density at radius 1 is 0.923 bits per heavy atom. The van der Waals surface area contributed by atoms with E-state index in [1.807, 2.05) is 37.3 Å². The smallest absolute Gasteiger partial charge is 0.240 e. The molecule has 0 unspecified atom stereocenters. The van der Waals surface area contributed by atoms with E-state index in [-0.39, 0.29) is 24.7 Å². The first-order valence-corrected chi connectivity index (χ1v) is 10.1. The van der Waals surface area contributed by atoms with Crippen LogP contribution in [0.4, 0.5) is 0 Å². The summed E-state index contributed by atoms with van der Waals surface area (Å²) >= 11 is 0. The SMILES string of the molecule is C[C@](CNS(=O)(=O)c1ccccc1)(c1ccccc1)[NH+](CCO)CCO. The zero-order chi connectivity index (χ0) is 19.0. The fourth-order valence-electron chi connectivity index (χ4n) is 3.11. The van der Waals surface area contributed by atoms with Crippen LogP contribution in [0.5, 0.6) is 0 Å². The van der Waals surface area contributed by atoms with E-state index in [1.165, 1.54) is 0 Å². The van der Waals surface area contributed by atoms with Gasteiger partial charge in [0.1, 0.15) is 18.6 Å². The number of sulfonamides is 1. The van der Waals surface area contributed by atoms with Crippen LogP contribution in [-0.2, 0) is 15.6 Å². The van der Waals surface area contributed by atoms with E-state index in [2.05, 4.69) is 4.72 Å². The Morgan fingerprint density at radius 2 is 1.42 bits per heavy atom. The minimum absolute atomic E-state index is 0.0524. The molecule has 7 heteroatoms. The van der Waals surface area contributed by atoms with Gasteiger partial charge in [0.05, 0.1) is 24.7 Å². The van der Waals surface area contributed by atoms with Crippen LogP contribution in [0.2, 0.25) is 0 Å². The molecule has 2 aromatic rings. The maximum absolute atomic E-state index is 12.6. The molecule has 0 amide bonds. The predicted molar refractivity (Wildman–Crippen MR) is 100 cm³/mol. The molecule has 0 saturated carbocycles. The topological polar surface area (TPSA) is 91.1 Å². The van der Waals surface area contributed by atoms with Gasteiger partial charge in [-0.25, -0.2) is 13.1 Å². The predicted octanol–water partition coefficient (Wildman–Crippen LogP) is -0.250. The summed E-state index contributed by atoms with van der Waals surface area (Å²) in [5, 5.41) is 18.9. The minimum atomic E-state index is -3.65. The van der Waals surface area contributed by atoms with Gasteiger partial charge in [-0.2, -0.15) is 0 Å². The second-order valence-electron chi connectivity index (χ2n) is 6.39. The van der Waals surface area contributed by atoms with Crippen molar-refractivity contribution >= 4 is 10.0 Å². The summed E-state index contributed by atoms with van der Waals surface area (Å²) in [6, 6.07) is 17.8. The zero-order valence-corrected chi connectivity index (χ0v) is 15.7. The fraction of sp³-hybridized carbons (Fsp3) is 0.368. The van der Waals surface area contributed by atoms with Crippen LogP contribution in [-0.4, -0.2) is 51.5 Å². The van der Waals surface area contributed by atoms with E-state index in [4.69, 9.17) is 0 Å². The van der Waals surface area contributed by atoms with Gasteiger partial charge in [0.2, 0.25) is 10.0 Å². The van der Waals surface area contributed by atoms with Crippen molar-refractivity contribution in [3.63, 3.8) is 0 Å². The van der Waals surface area contributed by atoms with E-state index in [0.29, 0.717) is 13.1 Å². The second kappa shape index (κ2) is 9.25. The summed E-state index contributed by atoms with van der Waals surface area (Å²) in [6.45, 7) is 2.78. The third-order valence-corrected chi connectivity index (χ3v) is 6.10. The Morgan fingerprint density at radius 3 is 1.92 bits per heavy atom. The maximum Gasteiger partial charge on any atom is 0.240 e. The van der Waals surface area contributed by atoms with E-state index in [0.717, 1.165) is 10.5 Å². The summed E-state index contributed by atoms with van der Waals surface area (Å²) in [4.78, 5) is 1.12. The molecule has 142 valence electrons. The van der Waals surface area contributed by atoms with Crippen LogP contribution in [0, 0.1) is 0 Å². The van der Waals surface area contributed by atoms with E-state index < -0.39 is 15.6 Å². The van der Waals surface area contributed by atoms with Gasteiger partial charge < -0.3 is 15.1 Å². The van der Waals surface area contributed by atoms with Crippen molar-refractivity contribution < 1.29 is 23.5 Å². The van der Waals surface area contributed by atoms with E-state index in [1.54, 1.807) is 30.3 Å². The number of rotatable bonds is 10. The third kappa shape index (κ3) is 4.90. The largest absolute Gasteiger partial charge is 0.391 e. The van der Waals surface area contributed by atoms with Crippen molar-refractivity contribution in [3.8, 4) is 0 Å². The molecule has 0 spiro atoms. The number of hydrogen-bond acceptors (Lipinski definition) is 4. The number of aliphatic hydroxyl groups excluding tert-OH is 2. The molecule has 4 N–H and O–H groups in total. The molecule has 0 saturated heterocycles. The van der Waals surface area contributed by atoms with Crippen LogP contribution < -0.4 is 9.62 Å². The monoisotopic (exact) mass is 379 g/mol. The van der Waals surface area contributed by atoms with Crippen molar-refractivity contribution in [1.29, 1.82) is 0 Å². The number of aliphatic hydroxyl groups is 2. The van der Waals surface area contributed by atoms with Gasteiger partial charge in [-0.1, -0.05) is 48.5 Å². The van der Waals surface area contributed by atoms with Crippen molar-refractivity contribution in [2.24, 2.45) is 0 Å². The van der Waals surface area contributed by atoms with Gasteiger partial charge in [-0.3, -0.25) is 0 Å². The molecule has 0 aliphatic heterocycles. The number of quaternary nitrogens is 1. The van der Waals surface area contributed by atoms with E-state index >= 15 is 0 Å². The lowest BCUT2D eigenvalue weighted by molar-refractivity contribution is -0.958. The molecule has 0 aliphatic carbocycles. The van der Waals surface area contributed by atoms with Crippen molar-refractivity contribution in [3.05, 3.63) is 66.2 Å². The molecular weight excluding hydrogens is 352 g/mol. The Labute approximate surface area is 155 Å². The number of hydrogen-bond donors (Lipinski definition) is 4. The zero-order valence-electron chi connectivity index (χ0n) is 14.9. The highest BCUT2D eigenvalue weighted by atomic mass is 32.2. The standard InChI is InChI=1S/C19H26N2O4S/c1-19(17-8-4-2-5-9-17,21(12-14-22)13-15-23)16-20-26(24,25)18-10-6-3-7-11-18/h2-11,20,22-23H,12-16H2,1H3/p+1/t19-/m0/s1. The summed E-state index contributed by atoms with van der Waals surface area (Å²) in [5.41, 5.74) is 0.293. The summed E-state index contributed by atoms with van der Waals surface area (Å²) in [7, 11) is -3.65. The van der Waals surface area contributed by atoms with Crippen molar-refractivity contribution in [2.45, 2.75) is 17.4 Å². The molecule has 0 fully saturated rings. The average Bonchev–Trinajstić information content (AvgIpc) is 2.67. The Kier molecular flexibility index (Phi) is 7.31. The highest BCUT2D eigenvalue weighted by Gasteiger charge is 2.38. The lowest BCUT2D eigenvalue weighted by Gasteiger charge is -2.38. The number of benzene rings is 2. The first-order valence-electron chi connectivity index (χ1n) is 8.61. The summed E-state index contributed by atoms with van der Waals surface area (Å²) < 4.78 is 28.0. The van der Waals surface area contributed by atoms with Crippen molar-refractivity contribution in [1.82, 2.24) is 4.72 Å². The summed E-state index contributed by atoms with van der Waals surface area (Å²) in [6.07, 6.45) is 0. The molecule has 2 aromatic carbocycles. The Bertz CT molecular complexity index is 763. The summed E-state index contributed by atoms with van der Waals surface area (Å²) in [5.74, 6) is 0. The number of nitrogens with one attached hydrogen (secondary N) is 2. The molecule has 0 heterocycles. The normalized spacial score (nSPS) is 14.3. The van der Waals surface area contributed by atoms with Gasteiger partial charge in [-0.15, -0.1) is 0 Å². The molecule has 0 aromatic heterocycles. The van der Waals surface area contributed by atoms with Crippen LogP contribution in [0.3, 0.4) is 0 Å². The molecule has 0 aliphatic rings. The van der Waals surface area contributed by atoms with Crippen LogP contribution in [0.15, 0.2) is 65.6 Å². The molecule has 0 bridgehead atoms. The molecular formula is C19H27N2O4S+. The second-order valence-corrected chi connectivity index (χ2v) is 8.15. The Balaban J connectivity index is 2.32. The molecule has 1 atom stereocenters. The molecule has 26 heavy (non-hydrogen) atoms.